The summed E-state index contributed by atoms with van der Waals surface area (Å²) in [5.41, 5.74) is 2.57. The third-order valence-electron chi connectivity index (χ3n) is 3.98. The molecule has 1 heterocycles. The average Bonchev–Trinajstić information content (AvgIpc) is 2.49. The van der Waals surface area contributed by atoms with Gasteiger partial charge in [-0.1, -0.05) is 57.2 Å². The Balaban J connectivity index is 2.23. The second-order valence-electron chi connectivity index (χ2n) is 5.72. The van der Waals surface area contributed by atoms with Gasteiger partial charge >= 0.3 is 0 Å². The van der Waals surface area contributed by atoms with E-state index < -0.39 is 0 Å². The van der Waals surface area contributed by atoms with E-state index in [9.17, 15) is 0 Å². The van der Waals surface area contributed by atoms with Gasteiger partial charge in [0.25, 0.3) is 0 Å². The van der Waals surface area contributed by atoms with E-state index in [0.29, 0.717) is 6.04 Å². The van der Waals surface area contributed by atoms with Crippen LogP contribution in [0.5, 0.6) is 0 Å². The van der Waals surface area contributed by atoms with Gasteiger partial charge in [0.05, 0.1) is 0 Å². The highest BCUT2D eigenvalue weighted by atomic mass is 14.9. The number of nitrogens with one attached hydrogen (secondary N) is 1. The van der Waals surface area contributed by atoms with Crippen LogP contribution in [-0.4, -0.2) is 17.6 Å². The Kier molecular flexibility index (Phi) is 4.91. The van der Waals surface area contributed by atoms with Crippen LogP contribution in [0.3, 0.4) is 0 Å². The number of pyridine rings is 1. The van der Waals surface area contributed by atoms with Crippen LogP contribution in [0.1, 0.15) is 32.0 Å². The van der Waals surface area contributed by atoms with Crippen molar-refractivity contribution >= 4 is 0 Å². The van der Waals surface area contributed by atoms with E-state index in [0.717, 1.165) is 18.7 Å². The molecule has 0 saturated heterocycles. The minimum atomic E-state index is 0.0643. The van der Waals surface area contributed by atoms with Crippen LogP contribution in [0.2, 0.25) is 0 Å². The standard InChI is InChI=1S/C18H24N2/c1-4-19-17(14-16-12-8-9-13-20-16)18(2,3)15-10-6-5-7-11-15/h5-13,17,19H,4,14H2,1-3H3. The summed E-state index contributed by atoms with van der Waals surface area (Å²) in [6.45, 7) is 7.73. The first kappa shape index (κ1) is 14.7. The zero-order chi connectivity index (χ0) is 14.4. The maximum absolute atomic E-state index is 4.47. The third kappa shape index (κ3) is 3.45. The number of nitrogens with zero attached hydrogens (tertiary/aromatic N) is 1. The van der Waals surface area contributed by atoms with E-state index in [2.05, 4.69) is 73.5 Å². The van der Waals surface area contributed by atoms with Crippen LogP contribution in [0.4, 0.5) is 0 Å². The zero-order valence-corrected chi connectivity index (χ0v) is 12.6. The molecule has 106 valence electrons. The minimum absolute atomic E-state index is 0.0643. The Morgan fingerprint density at radius 2 is 1.75 bits per heavy atom. The van der Waals surface area contributed by atoms with Crippen molar-refractivity contribution in [2.24, 2.45) is 0 Å². The first-order chi connectivity index (χ1) is 9.64. The van der Waals surface area contributed by atoms with Crippen LogP contribution in [0.25, 0.3) is 0 Å². The summed E-state index contributed by atoms with van der Waals surface area (Å²) < 4.78 is 0. The van der Waals surface area contributed by atoms with Crippen molar-refractivity contribution in [2.45, 2.75) is 38.6 Å². The lowest BCUT2D eigenvalue weighted by Crippen LogP contribution is -2.46. The molecular weight excluding hydrogens is 244 g/mol. The maximum atomic E-state index is 4.47. The Bertz CT molecular complexity index is 505. The normalized spacial score (nSPS) is 13.2. The predicted octanol–water partition coefficient (Wildman–Crippen LogP) is 3.58. The molecule has 1 aromatic carbocycles. The van der Waals surface area contributed by atoms with Crippen molar-refractivity contribution in [1.29, 1.82) is 0 Å². The van der Waals surface area contributed by atoms with Crippen molar-refractivity contribution in [3.8, 4) is 0 Å². The Hall–Kier alpha value is -1.67. The van der Waals surface area contributed by atoms with Crippen LogP contribution >= 0.6 is 0 Å². The molecule has 0 saturated carbocycles. The monoisotopic (exact) mass is 268 g/mol. The smallest absolute Gasteiger partial charge is 0.0419 e. The number of likely N-dealkylation sites (N-methyl/N-ethyl adjacent to an activating group) is 1. The molecular formula is C18H24N2. The molecule has 0 radical (unpaired) electrons. The SMILES string of the molecule is CCNC(Cc1ccccn1)C(C)(C)c1ccccc1. The van der Waals surface area contributed by atoms with Gasteiger partial charge in [0.1, 0.15) is 0 Å². The quantitative estimate of drug-likeness (QED) is 0.866. The molecule has 2 nitrogen and oxygen atoms in total. The fourth-order valence-electron chi connectivity index (χ4n) is 2.63. The molecule has 0 fully saturated rings. The lowest BCUT2D eigenvalue weighted by atomic mass is 9.76. The van der Waals surface area contributed by atoms with E-state index in [4.69, 9.17) is 0 Å². The lowest BCUT2D eigenvalue weighted by Gasteiger charge is -2.35. The van der Waals surface area contributed by atoms with Gasteiger partial charge in [-0.25, -0.2) is 0 Å². The highest BCUT2D eigenvalue weighted by molar-refractivity contribution is 5.26. The molecule has 2 aromatic rings. The fourth-order valence-corrected chi connectivity index (χ4v) is 2.63. The van der Waals surface area contributed by atoms with Crippen LogP contribution in [0, 0.1) is 0 Å². The summed E-state index contributed by atoms with van der Waals surface area (Å²) in [4.78, 5) is 4.47. The topological polar surface area (TPSA) is 24.9 Å². The number of hydrogen-bond donors (Lipinski definition) is 1. The molecule has 2 rings (SSSR count). The first-order valence-electron chi connectivity index (χ1n) is 7.33. The second-order valence-corrected chi connectivity index (χ2v) is 5.72. The van der Waals surface area contributed by atoms with Crippen LogP contribution < -0.4 is 5.32 Å². The summed E-state index contributed by atoms with van der Waals surface area (Å²) in [5.74, 6) is 0. The fraction of sp³-hybridized carbons (Fsp3) is 0.389. The van der Waals surface area contributed by atoms with Gasteiger partial charge in [-0.05, 0) is 24.2 Å². The molecule has 0 aliphatic carbocycles. The number of hydrogen-bond acceptors (Lipinski definition) is 2. The third-order valence-corrected chi connectivity index (χ3v) is 3.98. The highest BCUT2D eigenvalue weighted by Crippen LogP contribution is 2.28. The lowest BCUT2D eigenvalue weighted by molar-refractivity contribution is 0.341. The summed E-state index contributed by atoms with van der Waals surface area (Å²) in [6, 6.07) is 17.2. The molecule has 0 bridgehead atoms. The molecule has 0 spiro atoms. The average molecular weight is 268 g/mol. The summed E-state index contributed by atoms with van der Waals surface area (Å²) in [6.07, 6.45) is 2.81. The largest absolute Gasteiger partial charge is 0.313 e. The molecule has 1 atom stereocenters. The van der Waals surface area contributed by atoms with Crippen LogP contribution in [-0.2, 0) is 11.8 Å². The van der Waals surface area contributed by atoms with E-state index in [-0.39, 0.29) is 5.41 Å². The van der Waals surface area contributed by atoms with Crippen molar-refractivity contribution in [3.63, 3.8) is 0 Å². The van der Waals surface area contributed by atoms with Crippen molar-refractivity contribution in [3.05, 3.63) is 66.0 Å². The van der Waals surface area contributed by atoms with Gasteiger partial charge in [-0.2, -0.15) is 0 Å². The molecule has 0 amide bonds. The van der Waals surface area contributed by atoms with Crippen LogP contribution in [0.15, 0.2) is 54.7 Å². The Morgan fingerprint density at radius 3 is 2.35 bits per heavy atom. The maximum Gasteiger partial charge on any atom is 0.0419 e. The molecule has 2 heteroatoms. The van der Waals surface area contributed by atoms with Gasteiger partial charge in [0.2, 0.25) is 0 Å². The zero-order valence-electron chi connectivity index (χ0n) is 12.6. The van der Waals surface area contributed by atoms with Gasteiger partial charge in [0.15, 0.2) is 0 Å². The number of rotatable bonds is 6. The van der Waals surface area contributed by atoms with Gasteiger partial charge < -0.3 is 5.32 Å². The molecule has 0 aliphatic heterocycles. The van der Waals surface area contributed by atoms with E-state index in [1.807, 2.05) is 12.3 Å². The Morgan fingerprint density at radius 1 is 1.05 bits per heavy atom. The second kappa shape index (κ2) is 6.67. The molecule has 20 heavy (non-hydrogen) atoms. The molecule has 1 N–H and O–H groups in total. The Labute approximate surface area is 122 Å². The number of aromatic nitrogens is 1. The first-order valence-corrected chi connectivity index (χ1v) is 7.33. The van der Waals surface area contributed by atoms with Gasteiger partial charge in [-0.3, -0.25) is 4.98 Å². The summed E-state index contributed by atoms with van der Waals surface area (Å²) in [5, 5.41) is 3.63. The van der Waals surface area contributed by atoms with E-state index in [1.165, 1.54) is 5.56 Å². The molecule has 0 aliphatic rings. The van der Waals surface area contributed by atoms with Crippen molar-refractivity contribution in [1.82, 2.24) is 10.3 Å². The summed E-state index contributed by atoms with van der Waals surface area (Å²) in [7, 11) is 0. The number of benzene rings is 1. The van der Waals surface area contributed by atoms with Crippen molar-refractivity contribution in [2.75, 3.05) is 6.54 Å². The van der Waals surface area contributed by atoms with E-state index >= 15 is 0 Å². The van der Waals surface area contributed by atoms with Gasteiger partial charge in [0, 0.05) is 29.8 Å². The predicted molar refractivity (Wildman–Crippen MR) is 84.9 cm³/mol. The summed E-state index contributed by atoms with van der Waals surface area (Å²) >= 11 is 0. The van der Waals surface area contributed by atoms with Gasteiger partial charge in [-0.15, -0.1) is 0 Å². The minimum Gasteiger partial charge on any atom is -0.313 e. The molecule has 1 unspecified atom stereocenters. The molecule has 1 aromatic heterocycles. The van der Waals surface area contributed by atoms with Crippen molar-refractivity contribution < 1.29 is 0 Å². The highest BCUT2D eigenvalue weighted by Gasteiger charge is 2.30. The van der Waals surface area contributed by atoms with E-state index in [1.54, 1.807) is 0 Å².